The molecule has 1 atom stereocenters. The van der Waals surface area contributed by atoms with Crippen molar-refractivity contribution in [3.8, 4) is 0 Å². The molecule has 126 valence electrons. The fourth-order valence-electron chi connectivity index (χ4n) is 2.80. The van der Waals surface area contributed by atoms with Crippen LogP contribution in [0.5, 0.6) is 0 Å². The number of carbonyl (C=O) groups is 2. The highest BCUT2D eigenvalue weighted by Gasteiger charge is 2.29. The van der Waals surface area contributed by atoms with E-state index >= 15 is 0 Å². The molecule has 0 aromatic heterocycles. The zero-order valence-electron chi connectivity index (χ0n) is 13.1. The lowest BCUT2D eigenvalue weighted by Gasteiger charge is -2.11. The predicted molar refractivity (Wildman–Crippen MR) is 93.9 cm³/mol. The van der Waals surface area contributed by atoms with Crippen molar-refractivity contribution in [1.29, 1.82) is 0 Å². The van der Waals surface area contributed by atoms with Gasteiger partial charge in [-0.05, 0) is 56.8 Å². The number of benzene rings is 1. The van der Waals surface area contributed by atoms with Crippen molar-refractivity contribution < 1.29 is 9.59 Å². The maximum atomic E-state index is 12.0. The van der Waals surface area contributed by atoms with Crippen molar-refractivity contribution in [1.82, 2.24) is 5.32 Å². The third kappa shape index (κ3) is 5.52. The van der Waals surface area contributed by atoms with Crippen molar-refractivity contribution in [3.05, 3.63) is 24.3 Å². The van der Waals surface area contributed by atoms with Crippen molar-refractivity contribution in [2.75, 3.05) is 17.2 Å². The monoisotopic (exact) mass is 337 g/mol. The van der Waals surface area contributed by atoms with Crippen molar-refractivity contribution in [2.45, 2.75) is 44.6 Å². The number of amides is 2. The molecule has 23 heavy (non-hydrogen) atoms. The van der Waals surface area contributed by atoms with Crippen LogP contribution >= 0.6 is 12.4 Å². The molecule has 2 amide bonds. The summed E-state index contributed by atoms with van der Waals surface area (Å²) in [6, 6.07) is 7.83. The summed E-state index contributed by atoms with van der Waals surface area (Å²) in [7, 11) is 0. The van der Waals surface area contributed by atoms with Crippen LogP contribution in [-0.4, -0.2) is 24.4 Å². The average molecular weight is 338 g/mol. The number of hydrogen-bond acceptors (Lipinski definition) is 3. The van der Waals surface area contributed by atoms with E-state index in [0.29, 0.717) is 12.5 Å². The first kappa shape index (κ1) is 17.8. The molecule has 1 heterocycles. The van der Waals surface area contributed by atoms with Gasteiger partial charge in [0.25, 0.3) is 0 Å². The van der Waals surface area contributed by atoms with Crippen LogP contribution in [0.2, 0.25) is 0 Å². The second kappa shape index (κ2) is 8.31. The Morgan fingerprint density at radius 3 is 2.52 bits per heavy atom. The Balaban J connectivity index is 0.00000192. The summed E-state index contributed by atoms with van der Waals surface area (Å²) in [4.78, 5) is 23.7. The highest BCUT2D eigenvalue weighted by atomic mass is 35.5. The normalized spacial score (nSPS) is 19.7. The molecule has 1 saturated carbocycles. The van der Waals surface area contributed by atoms with E-state index in [9.17, 15) is 9.59 Å². The molecule has 3 N–H and O–H groups in total. The quantitative estimate of drug-likeness (QED) is 0.747. The number of anilines is 2. The molecule has 0 spiro atoms. The van der Waals surface area contributed by atoms with Gasteiger partial charge in [0.05, 0.1) is 0 Å². The number of carbonyl (C=O) groups excluding carboxylic acids is 2. The summed E-state index contributed by atoms with van der Waals surface area (Å²) < 4.78 is 0. The van der Waals surface area contributed by atoms with Crippen LogP contribution in [-0.2, 0) is 9.59 Å². The lowest BCUT2D eigenvalue weighted by Crippen LogP contribution is -2.23. The second-order valence-corrected chi connectivity index (χ2v) is 6.22. The first-order chi connectivity index (χ1) is 10.7. The molecule has 5 nitrogen and oxygen atoms in total. The van der Waals surface area contributed by atoms with Crippen molar-refractivity contribution in [2.24, 2.45) is 5.92 Å². The maximum Gasteiger partial charge on any atom is 0.227 e. The van der Waals surface area contributed by atoms with Gasteiger partial charge in [0.2, 0.25) is 11.8 Å². The van der Waals surface area contributed by atoms with Crippen LogP contribution in [0.25, 0.3) is 0 Å². The number of nitrogens with one attached hydrogen (secondary N) is 3. The zero-order valence-corrected chi connectivity index (χ0v) is 14.0. The molecule has 3 rings (SSSR count). The molecule has 2 aliphatic rings. The molecule has 1 unspecified atom stereocenters. The lowest BCUT2D eigenvalue weighted by atomic mass is 10.1. The predicted octanol–water partition coefficient (Wildman–Crippen LogP) is 2.93. The van der Waals surface area contributed by atoms with Gasteiger partial charge in [0.1, 0.15) is 0 Å². The summed E-state index contributed by atoms with van der Waals surface area (Å²) in [5, 5.41) is 9.20. The van der Waals surface area contributed by atoms with Crippen LogP contribution in [0.15, 0.2) is 24.3 Å². The Bertz CT molecular complexity index is 555. The second-order valence-electron chi connectivity index (χ2n) is 6.22. The van der Waals surface area contributed by atoms with Crippen molar-refractivity contribution >= 4 is 35.6 Å². The van der Waals surface area contributed by atoms with E-state index in [2.05, 4.69) is 16.0 Å². The fourth-order valence-corrected chi connectivity index (χ4v) is 2.80. The van der Waals surface area contributed by atoms with Gasteiger partial charge in [-0.3, -0.25) is 9.59 Å². The minimum Gasteiger partial charge on any atom is -0.326 e. The number of halogens is 1. The Morgan fingerprint density at radius 1 is 1.13 bits per heavy atom. The first-order valence-electron chi connectivity index (χ1n) is 8.15. The fraction of sp³-hybridized carbons (Fsp3) is 0.529. The Morgan fingerprint density at radius 2 is 1.87 bits per heavy atom. The standard InChI is InChI=1S/C17H23N3O2.ClH/c21-16(9-8-13-5-2-10-18-13)19-14-3-1-4-15(11-14)20-17(22)12-6-7-12;/h1,3-4,11-13,18H,2,5-10H2,(H,19,21)(H,20,22);1H. The van der Waals surface area contributed by atoms with Crippen LogP contribution in [0, 0.1) is 5.92 Å². The Hall–Kier alpha value is -1.59. The maximum absolute atomic E-state index is 12.0. The molecule has 1 aromatic carbocycles. The van der Waals surface area contributed by atoms with Crippen LogP contribution in [0.3, 0.4) is 0 Å². The molecule has 1 saturated heterocycles. The van der Waals surface area contributed by atoms with E-state index in [1.807, 2.05) is 24.3 Å². The van der Waals surface area contributed by atoms with Crippen molar-refractivity contribution in [3.63, 3.8) is 0 Å². The van der Waals surface area contributed by atoms with Gasteiger partial charge in [-0.1, -0.05) is 6.07 Å². The molecule has 1 aliphatic carbocycles. The molecule has 6 heteroatoms. The van der Waals surface area contributed by atoms with E-state index < -0.39 is 0 Å². The third-order valence-corrected chi connectivity index (χ3v) is 4.24. The average Bonchev–Trinajstić information content (AvgIpc) is 3.23. The van der Waals surface area contributed by atoms with E-state index in [1.165, 1.54) is 6.42 Å². The number of rotatable bonds is 6. The van der Waals surface area contributed by atoms with Gasteiger partial charge in [-0.15, -0.1) is 12.4 Å². The molecular weight excluding hydrogens is 314 g/mol. The molecular formula is C17H24ClN3O2. The summed E-state index contributed by atoms with van der Waals surface area (Å²) in [5.74, 6) is 0.285. The number of hydrogen-bond donors (Lipinski definition) is 3. The van der Waals surface area contributed by atoms with Crippen LogP contribution in [0.4, 0.5) is 11.4 Å². The summed E-state index contributed by atoms with van der Waals surface area (Å²) in [6.45, 7) is 1.06. The minimum atomic E-state index is 0. The molecule has 1 aromatic rings. The van der Waals surface area contributed by atoms with Gasteiger partial charge in [0, 0.05) is 29.8 Å². The van der Waals surface area contributed by atoms with Gasteiger partial charge >= 0.3 is 0 Å². The van der Waals surface area contributed by atoms with E-state index in [1.54, 1.807) is 0 Å². The van der Waals surface area contributed by atoms with Gasteiger partial charge in [0.15, 0.2) is 0 Å². The van der Waals surface area contributed by atoms with E-state index in [0.717, 1.165) is 43.6 Å². The largest absolute Gasteiger partial charge is 0.326 e. The molecule has 1 aliphatic heterocycles. The highest BCUT2D eigenvalue weighted by molar-refractivity contribution is 5.95. The van der Waals surface area contributed by atoms with Gasteiger partial charge < -0.3 is 16.0 Å². The topological polar surface area (TPSA) is 70.2 Å². The molecule has 0 bridgehead atoms. The van der Waals surface area contributed by atoms with Gasteiger partial charge in [-0.2, -0.15) is 0 Å². The van der Waals surface area contributed by atoms with Crippen LogP contribution in [0.1, 0.15) is 38.5 Å². The summed E-state index contributed by atoms with van der Waals surface area (Å²) in [6.07, 6.45) is 5.74. The Kier molecular flexibility index (Phi) is 6.42. The lowest BCUT2D eigenvalue weighted by molar-refractivity contribution is -0.117. The minimum absolute atomic E-state index is 0. The van der Waals surface area contributed by atoms with E-state index in [-0.39, 0.29) is 30.1 Å². The molecule has 0 radical (unpaired) electrons. The SMILES string of the molecule is Cl.O=C(CCC1CCCN1)Nc1cccc(NC(=O)C2CC2)c1. The van der Waals surface area contributed by atoms with Crippen LogP contribution < -0.4 is 16.0 Å². The Labute approximate surface area is 143 Å². The van der Waals surface area contributed by atoms with Gasteiger partial charge in [-0.25, -0.2) is 0 Å². The van der Waals surface area contributed by atoms with E-state index in [4.69, 9.17) is 0 Å². The smallest absolute Gasteiger partial charge is 0.227 e. The zero-order chi connectivity index (χ0) is 15.4. The third-order valence-electron chi connectivity index (χ3n) is 4.24. The summed E-state index contributed by atoms with van der Waals surface area (Å²) in [5.41, 5.74) is 1.48. The first-order valence-corrected chi connectivity index (χ1v) is 8.15. The summed E-state index contributed by atoms with van der Waals surface area (Å²) >= 11 is 0. The molecule has 2 fully saturated rings. The highest BCUT2D eigenvalue weighted by Crippen LogP contribution is 2.30.